The van der Waals surface area contributed by atoms with E-state index in [2.05, 4.69) is 21.2 Å². The quantitative estimate of drug-likeness (QED) is 0.921. The standard InChI is InChI=1S/C15H15BrFNO/c1-18-15(10-4-3-5-11(16)8-10)13-9-12(17)6-7-14(13)19-2/h3-9,15,18H,1-2H3. The van der Waals surface area contributed by atoms with Crippen LogP contribution in [0.3, 0.4) is 0 Å². The molecule has 0 radical (unpaired) electrons. The molecular weight excluding hydrogens is 309 g/mol. The van der Waals surface area contributed by atoms with Gasteiger partial charge in [0.15, 0.2) is 0 Å². The van der Waals surface area contributed by atoms with Crippen LogP contribution in [-0.2, 0) is 0 Å². The van der Waals surface area contributed by atoms with Gasteiger partial charge >= 0.3 is 0 Å². The van der Waals surface area contributed by atoms with Gasteiger partial charge in [0.25, 0.3) is 0 Å². The van der Waals surface area contributed by atoms with E-state index in [1.54, 1.807) is 13.2 Å². The third kappa shape index (κ3) is 3.14. The lowest BCUT2D eigenvalue weighted by molar-refractivity contribution is 0.404. The summed E-state index contributed by atoms with van der Waals surface area (Å²) < 4.78 is 19.8. The van der Waals surface area contributed by atoms with E-state index in [9.17, 15) is 4.39 Å². The summed E-state index contributed by atoms with van der Waals surface area (Å²) in [6, 6.07) is 12.3. The van der Waals surface area contributed by atoms with Crippen molar-refractivity contribution in [2.75, 3.05) is 14.2 Å². The highest BCUT2D eigenvalue weighted by molar-refractivity contribution is 9.10. The average molecular weight is 324 g/mol. The van der Waals surface area contributed by atoms with E-state index in [4.69, 9.17) is 4.74 Å². The maximum Gasteiger partial charge on any atom is 0.124 e. The number of nitrogens with one attached hydrogen (secondary N) is 1. The van der Waals surface area contributed by atoms with Crippen LogP contribution >= 0.6 is 15.9 Å². The van der Waals surface area contributed by atoms with E-state index in [0.29, 0.717) is 5.75 Å². The van der Waals surface area contributed by atoms with Crippen molar-refractivity contribution in [3.63, 3.8) is 0 Å². The highest BCUT2D eigenvalue weighted by atomic mass is 79.9. The summed E-state index contributed by atoms with van der Waals surface area (Å²) >= 11 is 3.45. The van der Waals surface area contributed by atoms with Crippen LogP contribution in [0.4, 0.5) is 4.39 Å². The number of hydrogen-bond donors (Lipinski definition) is 1. The van der Waals surface area contributed by atoms with E-state index < -0.39 is 0 Å². The molecule has 0 aliphatic rings. The van der Waals surface area contributed by atoms with Gasteiger partial charge in [0.2, 0.25) is 0 Å². The number of hydrogen-bond acceptors (Lipinski definition) is 2. The minimum Gasteiger partial charge on any atom is -0.496 e. The molecule has 0 aromatic heterocycles. The maximum absolute atomic E-state index is 13.5. The number of rotatable bonds is 4. The van der Waals surface area contributed by atoms with Gasteiger partial charge in [0.1, 0.15) is 11.6 Å². The molecule has 0 spiro atoms. The second-order valence-electron chi connectivity index (χ2n) is 4.16. The predicted molar refractivity (Wildman–Crippen MR) is 78.0 cm³/mol. The summed E-state index contributed by atoms with van der Waals surface area (Å²) in [6.07, 6.45) is 0. The molecule has 1 N–H and O–H groups in total. The van der Waals surface area contributed by atoms with Gasteiger partial charge in [-0.1, -0.05) is 28.1 Å². The molecule has 0 heterocycles. The SMILES string of the molecule is CNC(c1cccc(Br)c1)c1cc(F)ccc1OC. The Kier molecular flexibility index (Phi) is 4.56. The molecule has 0 amide bonds. The molecule has 1 unspecified atom stereocenters. The second kappa shape index (κ2) is 6.17. The van der Waals surface area contributed by atoms with E-state index >= 15 is 0 Å². The lowest BCUT2D eigenvalue weighted by Gasteiger charge is -2.20. The molecule has 0 fully saturated rings. The summed E-state index contributed by atoms with van der Waals surface area (Å²) in [5.74, 6) is 0.395. The largest absolute Gasteiger partial charge is 0.496 e. The fourth-order valence-electron chi connectivity index (χ4n) is 2.12. The Morgan fingerprint density at radius 1 is 1.21 bits per heavy atom. The van der Waals surface area contributed by atoms with Crippen molar-refractivity contribution in [1.29, 1.82) is 0 Å². The van der Waals surface area contributed by atoms with Gasteiger partial charge in [-0.25, -0.2) is 4.39 Å². The van der Waals surface area contributed by atoms with Gasteiger partial charge in [-0.2, -0.15) is 0 Å². The number of ether oxygens (including phenoxy) is 1. The van der Waals surface area contributed by atoms with Crippen molar-refractivity contribution in [3.8, 4) is 5.75 Å². The normalized spacial score (nSPS) is 12.2. The maximum atomic E-state index is 13.5. The summed E-state index contributed by atoms with van der Waals surface area (Å²) in [4.78, 5) is 0. The first-order valence-electron chi connectivity index (χ1n) is 5.92. The fourth-order valence-corrected chi connectivity index (χ4v) is 2.54. The summed E-state index contributed by atoms with van der Waals surface area (Å²) in [6.45, 7) is 0. The highest BCUT2D eigenvalue weighted by Crippen LogP contribution is 2.31. The zero-order chi connectivity index (χ0) is 13.8. The Morgan fingerprint density at radius 3 is 2.63 bits per heavy atom. The Hall–Kier alpha value is -1.39. The van der Waals surface area contributed by atoms with Crippen molar-refractivity contribution in [1.82, 2.24) is 5.32 Å². The van der Waals surface area contributed by atoms with Gasteiger partial charge < -0.3 is 10.1 Å². The molecule has 0 aliphatic carbocycles. The van der Waals surface area contributed by atoms with Crippen LogP contribution in [0.15, 0.2) is 46.9 Å². The van der Waals surface area contributed by atoms with Gasteiger partial charge in [0, 0.05) is 10.0 Å². The first-order valence-corrected chi connectivity index (χ1v) is 6.71. The second-order valence-corrected chi connectivity index (χ2v) is 5.08. The average Bonchev–Trinajstić information content (AvgIpc) is 2.40. The van der Waals surface area contributed by atoms with Crippen LogP contribution in [0.1, 0.15) is 17.2 Å². The van der Waals surface area contributed by atoms with Crippen LogP contribution in [0.5, 0.6) is 5.75 Å². The van der Waals surface area contributed by atoms with E-state index in [1.807, 2.05) is 31.3 Å². The topological polar surface area (TPSA) is 21.3 Å². The third-order valence-electron chi connectivity index (χ3n) is 2.97. The predicted octanol–water partition coefficient (Wildman–Crippen LogP) is 3.91. The molecular formula is C15H15BrFNO. The first-order chi connectivity index (χ1) is 9.15. The summed E-state index contributed by atoms with van der Waals surface area (Å²) in [5.41, 5.74) is 1.82. The number of methoxy groups -OCH3 is 1. The molecule has 2 nitrogen and oxygen atoms in total. The van der Waals surface area contributed by atoms with E-state index in [0.717, 1.165) is 15.6 Å². The van der Waals surface area contributed by atoms with E-state index in [-0.39, 0.29) is 11.9 Å². The van der Waals surface area contributed by atoms with Crippen molar-refractivity contribution in [2.24, 2.45) is 0 Å². The molecule has 4 heteroatoms. The molecule has 0 bridgehead atoms. The molecule has 2 aromatic carbocycles. The third-order valence-corrected chi connectivity index (χ3v) is 3.47. The Bertz CT molecular complexity index is 574. The molecule has 100 valence electrons. The van der Waals surface area contributed by atoms with Crippen molar-refractivity contribution in [2.45, 2.75) is 6.04 Å². The number of benzene rings is 2. The minimum absolute atomic E-state index is 0.122. The van der Waals surface area contributed by atoms with Crippen LogP contribution in [0.25, 0.3) is 0 Å². The van der Waals surface area contributed by atoms with Crippen molar-refractivity contribution < 1.29 is 9.13 Å². The molecule has 19 heavy (non-hydrogen) atoms. The summed E-state index contributed by atoms with van der Waals surface area (Å²) in [5, 5.41) is 3.20. The van der Waals surface area contributed by atoms with Crippen LogP contribution in [-0.4, -0.2) is 14.2 Å². The van der Waals surface area contributed by atoms with Gasteiger partial charge in [0.05, 0.1) is 13.2 Å². The molecule has 0 saturated carbocycles. The molecule has 2 rings (SSSR count). The molecule has 2 aromatic rings. The van der Waals surface area contributed by atoms with Gasteiger partial charge in [-0.15, -0.1) is 0 Å². The van der Waals surface area contributed by atoms with Crippen LogP contribution < -0.4 is 10.1 Å². The van der Waals surface area contributed by atoms with Gasteiger partial charge in [-0.05, 0) is 42.9 Å². The zero-order valence-electron chi connectivity index (χ0n) is 10.8. The van der Waals surface area contributed by atoms with Crippen molar-refractivity contribution in [3.05, 3.63) is 63.9 Å². The fraction of sp³-hybridized carbons (Fsp3) is 0.200. The van der Waals surface area contributed by atoms with Crippen LogP contribution in [0.2, 0.25) is 0 Å². The summed E-state index contributed by atoms with van der Waals surface area (Å²) in [7, 11) is 3.43. The zero-order valence-corrected chi connectivity index (χ0v) is 12.4. The lowest BCUT2D eigenvalue weighted by Crippen LogP contribution is -2.18. The highest BCUT2D eigenvalue weighted by Gasteiger charge is 2.17. The van der Waals surface area contributed by atoms with E-state index in [1.165, 1.54) is 12.1 Å². The molecule has 1 atom stereocenters. The Balaban J connectivity index is 2.50. The monoisotopic (exact) mass is 323 g/mol. The first kappa shape index (κ1) is 14.0. The lowest BCUT2D eigenvalue weighted by atomic mass is 9.98. The number of halogens is 2. The Morgan fingerprint density at radius 2 is 2.00 bits per heavy atom. The molecule has 0 aliphatic heterocycles. The molecule has 0 saturated heterocycles. The minimum atomic E-state index is -0.272. The van der Waals surface area contributed by atoms with Crippen molar-refractivity contribution >= 4 is 15.9 Å². The van der Waals surface area contributed by atoms with Crippen LogP contribution in [0, 0.1) is 5.82 Å². The smallest absolute Gasteiger partial charge is 0.124 e. The Labute approximate surface area is 120 Å². The van der Waals surface area contributed by atoms with Gasteiger partial charge in [-0.3, -0.25) is 0 Å².